The van der Waals surface area contributed by atoms with E-state index in [1.54, 1.807) is 0 Å². The van der Waals surface area contributed by atoms with Gasteiger partial charge in [-0.15, -0.1) is 0 Å². The molecule has 24 heavy (non-hydrogen) atoms. The summed E-state index contributed by atoms with van der Waals surface area (Å²) in [6.45, 7) is 0. The molecule has 0 bridgehead atoms. The lowest BCUT2D eigenvalue weighted by Crippen LogP contribution is -1.91. The minimum atomic E-state index is 1.10. The first-order chi connectivity index (χ1) is 11.9. The SMILES string of the molecule is c1ccc2cc(Nc3cccc4c3[nH]c3ccccc34)ccc2c1. The standard InChI is InChI=1S/C22H16N2/c1-2-7-16-14-17(13-12-15(16)6-1)23-21-11-5-9-19-18-8-3-4-10-20(18)24-22(19)21/h1-14,23-24H. The molecule has 1 aromatic heterocycles. The third-order valence-electron chi connectivity index (χ3n) is 4.57. The smallest absolute Gasteiger partial charge is 0.0704 e. The molecular formula is C22H16N2. The predicted molar refractivity (Wildman–Crippen MR) is 103 cm³/mol. The monoisotopic (exact) mass is 308 g/mol. The van der Waals surface area contributed by atoms with Crippen molar-refractivity contribution in [2.45, 2.75) is 0 Å². The number of aromatic amines is 1. The van der Waals surface area contributed by atoms with Crippen LogP contribution in [0.5, 0.6) is 0 Å². The fraction of sp³-hybridized carbons (Fsp3) is 0. The number of benzene rings is 4. The molecule has 4 aromatic carbocycles. The van der Waals surface area contributed by atoms with E-state index in [0.717, 1.165) is 16.9 Å². The third-order valence-corrected chi connectivity index (χ3v) is 4.57. The van der Waals surface area contributed by atoms with Gasteiger partial charge in [-0.1, -0.05) is 60.7 Å². The van der Waals surface area contributed by atoms with E-state index in [1.807, 2.05) is 0 Å². The van der Waals surface area contributed by atoms with Gasteiger partial charge in [-0.25, -0.2) is 0 Å². The lowest BCUT2D eigenvalue weighted by Gasteiger charge is -2.09. The van der Waals surface area contributed by atoms with Gasteiger partial charge in [0, 0.05) is 22.0 Å². The van der Waals surface area contributed by atoms with Crippen LogP contribution in [0.1, 0.15) is 0 Å². The maximum atomic E-state index is 3.57. The molecule has 1 heterocycles. The Hall–Kier alpha value is -3.26. The van der Waals surface area contributed by atoms with Gasteiger partial charge < -0.3 is 10.3 Å². The molecule has 0 aliphatic rings. The molecule has 5 rings (SSSR count). The molecule has 2 nitrogen and oxygen atoms in total. The summed E-state index contributed by atoms with van der Waals surface area (Å²) in [6, 6.07) is 29.7. The molecule has 114 valence electrons. The number of aromatic nitrogens is 1. The zero-order valence-electron chi connectivity index (χ0n) is 13.1. The molecule has 0 atom stereocenters. The molecule has 2 N–H and O–H groups in total. The van der Waals surface area contributed by atoms with Crippen molar-refractivity contribution in [1.82, 2.24) is 4.98 Å². The lowest BCUT2D eigenvalue weighted by atomic mass is 10.1. The molecule has 2 heteroatoms. The van der Waals surface area contributed by atoms with E-state index in [1.165, 1.54) is 27.1 Å². The van der Waals surface area contributed by atoms with E-state index >= 15 is 0 Å². The normalized spacial score (nSPS) is 11.3. The van der Waals surface area contributed by atoms with Crippen LogP contribution in [0, 0.1) is 0 Å². The van der Waals surface area contributed by atoms with Crippen LogP contribution in [-0.2, 0) is 0 Å². The summed E-state index contributed by atoms with van der Waals surface area (Å²) in [5.41, 5.74) is 4.51. The fourth-order valence-corrected chi connectivity index (χ4v) is 3.40. The Morgan fingerprint density at radius 1 is 0.625 bits per heavy atom. The van der Waals surface area contributed by atoms with Crippen LogP contribution in [0.3, 0.4) is 0 Å². The van der Waals surface area contributed by atoms with Gasteiger partial charge in [0.1, 0.15) is 0 Å². The maximum absolute atomic E-state index is 3.57. The molecule has 0 aliphatic carbocycles. The van der Waals surface area contributed by atoms with E-state index in [9.17, 15) is 0 Å². The van der Waals surface area contributed by atoms with Gasteiger partial charge in [0.25, 0.3) is 0 Å². The summed E-state index contributed by atoms with van der Waals surface area (Å²) in [4.78, 5) is 3.54. The Balaban J connectivity index is 1.65. The van der Waals surface area contributed by atoms with Crippen LogP contribution < -0.4 is 5.32 Å². The van der Waals surface area contributed by atoms with Gasteiger partial charge in [0.15, 0.2) is 0 Å². The Morgan fingerprint density at radius 3 is 2.38 bits per heavy atom. The first kappa shape index (κ1) is 13.2. The highest BCUT2D eigenvalue weighted by Crippen LogP contribution is 2.32. The highest BCUT2D eigenvalue weighted by Gasteiger charge is 2.07. The number of H-pyrrole nitrogens is 1. The third kappa shape index (κ3) is 2.04. The van der Waals surface area contributed by atoms with E-state index in [4.69, 9.17) is 0 Å². The second kappa shape index (κ2) is 5.14. The molecule has 0 amide bonds. The minimum absolute atomic E-state index is 1.10. The Morgan fingerprint density at radius 2 is 1.42 bits per heavy atom. The first-order valence-electron chi connectivity index (χ1n) is 8.14. The van der Waals surface area contributed by atoms with E-state index < -0.39 is 0 Å². The van der Waals surface area contributed by atoms with Crippen LogP contribution in [0.4, 0.5) is 11.4 Å². The van der Waals surface area contributed by atoms with Gasteiger partial charge in [-0.3, -0.25) is 0 Å². The summed E-state index contributed by atoms with van der Waals surface area (Å²) in [5, 5.41) is 8.57. The zero-order chi connectivity index (χ0) is 15.9. The van der Waals surface area contributed by atoms with Crippen LogP contribution in [0.15, 0.2) is 84.9 Å². The van der Waals surface area contributed by atoms with E-state index in [-0.39, 0.29) is 0 Å². The Kier molecular flexibility index (Phi) is 2.83. The summed E-state index contributed by atoms with van der Waals surface area (Å²) in [6.07, 6.45) is 0. The number of hydrogen-bond donors (Lipinski definition) is 2. The van der Waals surface area contributed by atoms with Crippen LogP contribution >= 0.6 is 0 Å². The van der Waals surface area contributed by atoms with Crippen molar-refractivity contribution >= 4 is 44.0 Å². The summed E-state index contributed by atoms with van der Waals surface area (Å²) in [5.74, 6) is 0. The molecule has 5 aromatic rings. The van der Waals surface area contributed by atoms with Crippen molar-refractivity contribution in [2.24, 2.45) is 0 Å². The molecular weight excluding hydrogens is 292 g/mol. The largest absolute Gasteiger partial charge is 0.354 e. The summed E-state index contributed by atoms with van der Waals surface area (Å²) in [7, 11) is 0. The van der Waals surface area contributed by atoms with Gasteiger partial charge in [-0.2, -0.15) is 0 Å². The molecule has 0 radical (unpaired) electrons. The second-order valence-electron chi connectivity index (χ2n) is 6.09. The molecule has 0 aliphatic heterocycles. The van der Waals surface area contributed by atoms with Crippen LogP contribution in [0.2, 0.25) is 0 Å². The first-order valence-corrected chi connectivity index (χ1v) is 8.14. The minimum Gasteiger partial charge on any atom is -0.354 e. The Labute approximate surface area is 139 Å². The summed E-state index contributed by atoms with van der Waals surface area (Å²) < 4.78 is 0. The second-order valence-corrected chi connectivity index (χ2v) is 6.09. The van der Waals surface area contributed by atoms with Crippen molar-refractivity contribution in [2.75, 3.05) is 5.32 Å². The van der Waals surface area contributed by atoms with E-state index in [2.05, 4.69) is 95.2 Å². The molecule has 0 saturated heterocycles. The number of fused-ring (bicyclic) bond motifs is 4. The maximum Gasteiger partial charge on any atom is 0.0704 e. The van der Waals surface area contributed by atoms with Crippen molar-refractivity contribution in [3.63, 3.8) is 0 Å². The molecule has 0 unspecified atom stereocenters. The quantitative estimate of drug-likeness (QED) is 0.398. The van der Waals surface area contributed by atoms with Crippen molar-refractivity contribution in [1.29, 1.82) is 0 Å². The molecule has 0 saturated carbocycles. The molecule has 0 spiro atoms. The molecule has 0 fully saturated rings. The van der Waals surface area contributed by atoms with Crippen LogP contribution in [0.25, 0.3) is 32.6 Å². The average Bonchev–Trinajstić information content (AvgIpc) is 3.02. The van der Waals surface area contributed by atoms with Gasteiger partial charge in [0.2, 0.25) is 0 Å². The lowest BCUT2D eigenvalue weighted by molar-refractivity contribution is 1.52. The summed E-state index contributed by atoms with van der Waals surface area (Å²) >= 11 is 0. The Bertz CT molecular complexity index is 1180. The topological polar surface area (TPSA) is 27.8 Å². The number of anilines is 2. The van der Waals surface area contributed by atoms with Gasteiger partial charge in [-0.05, 0) is 35.0 Å². The van der Waals surface area contributed by atoms with Crippen molar-refractivity contribution < 1.29 is 0 Å². The van der Waals surface area contributed by atoms with Crippen molar-refractivity contribution in [3.8, 4) is 0 Å². The number of rotatable bonds is 2. The van der Waals surface area contributed by atoms with Crippen LogP contribution in [-0.4, -0.2) is 4.98 Å². The highest BCUT2D eigenvalue weighted by atomic mass is 14.9. The zero-order valence-corrected chi connectivity index (χ0v) is 13.1. The highest BCUT2D eigenvalue weighted by molar-refractivity contribution is 6.11. The number of nitrogens with one attached hydrogen (secondary N) is 2. The van der Waals surface area contributed by atoms with Gasteiger partial charge in [0.05, 0.1) is 11.2 Å². The van der Waals surface area contributed by atoms with Crippen molar-refractivity contribution in [3.05, 3.63) is 84.9 Å². The fourth-order valence-electron chi connectivity index (χ4n) is 3.40. The van der Waals surface area contributed by atoms with Gasteiger partial charge >= 0.3 is 0 Å². The number of para-hydroxylation sites is 2. The number of hydrogen-bond acceptors (Lipinski definition) is 1. The van der Waals surface area contributed by atoms with E-state index in [0.29, 0.717) is 0 Å². The predicted octanol–water partition coefficient (Wildman–Crippen LogP) is 6.22. The average molecular weight is 308 g/mol.